The number of hydrogen-bond acceptors (Lipinski definition) is 4. The topological polar surface area (TPSA) is 63.5 Å². The Morgan fingerprint density at radius 1 is 1.15 bits per heavy atom. The van der Waals surface area contributed by atoms with Crippen LogP contribution in [0.2, 0.25) is 0 Å². The number of fused-ring (bicyclic) bond motifs is 1. The average Bonchev–Trinajstić information content (AvgIpc) is 3.36. The maximum absolute atomic E-state index is 12.2. The highest BCUT2D eigenvalue weighted by Crippen LogP contribution is 2.21. The van der Waals surface area contributed by atoms with E-state index in [1.54, 1.807) is 12.1 Å². The van der Waals surface area contributed by atoms with E-state index in [4.69, 9.17) is 9.15 Å². The molecule has 2 aromatic carbocycles. The summed E-state index contributed by atoms with van der Waals surface area (Å²) in [4.78, 5) is 12.2. The first-order valence-corrected chi connectivity index (χ1v) is 8.97. The first kappa shape index (κ1) is 16.7. The van der Waals surface area contributed by atoms with Crippen molar-refractivity contribution in [2.45, 2.75) is 13.0 Å². The summed E-state index contributed by atoms with van der Waals surface area (Å²) in [5.74, 6) is 2.07. The van der Waals surface area contributed by atoms with Gasteiger partial charge >= 0.3 is 0 Å². The van der Waals surface area contributed by atoms with E-state index in [1.165, 1.54) is 5.39 Å². The molecule has 5 heteroatoms. The molecule has 1 unspecified atom stereocenters. The van der Waals surface area contributed by atoms with Gasteiger partial charge < -0.3 is 19.8 Å². The first-order valence-electron chi connectivity index (χ1n) is 8.97. The van der Waals surface area contributed by atoms with Crippen LogP contribution in [0.4, 0.5) is 0 Å². The number of furan rings is 1. The van der Waals surface area contributed by atoms with Crippen LogP contribution in [0, 0.1) is 5.92 Å². The molecule has 0 spiro atoms. The zero-order valence-electron chi connectivity index (χ0n) is 14.5. The number of benzene rings is 2. The summed E-state index contributed by atoms with van der Waals surface area (Å²) in [5, 5.41) is 8.53. The van der Waals surface area contributed by atoms with E-state index in [9.17, 15) is 4.79 Å². The van der Waals surface area contributed by atoms with Crippen molar-refractivity contribution in [2.24, 2.45) is 5.92 Å². The van der Waals surface area contributed by atoms with E-state index in [1.807, 2.05) is 30.3 Å². The summed E-state index contributed by atoms with van der Waals surface area (Å²) in [7, 11) is 0. The Hall–Kier alpha value is -2.79. The SMILES string of the molecule is O=C(NCC1CCNC1)c1ccc(COc2ccc3ccccc3c2)o1. The van der Waals surface area contributed by atoms with Crippen LogP contribution in [-0.2, 0) is 6.61 Å². The van der Waals surface area contributed by atoms with Gasteiger partial charge in [-0.1, -0.05) is 30.3 Å². The molecule has 4 rings (SSSR count). The van der Waals surface area contributed by atoms with Crippen molar-refractivity contribution in [3.05, 3.63) is 66.1 Å². The molecule has 1 saturated heterocycles. The van der Waals surface area contributed by atoms with Crippen molar-refractivity contribution >= 4 is 16.7 Å². The van der Waals surface area contributed by atoms with Gasteiger partial charge in [-0.15, -0.1) is 0 Å². The second kappa shape index (κ2) is 7.62. The molecule has 2 heterocycles. The van der Waals surface area contributed by atoms with E-state index >= 15 is 0 Å². The van der Waals surface area contributed by atoms with Gasteiger partial charge in [0.05, 0.1) is 0 Å². The molecule has 0 radical (unpaired) electrons. The molecule has 3 aromatic rings. The smallest absolute Gasteiger partial charge is 0.287 e. The average molecular weight is 350 g/mol. The molecule has 2 N–H and O–H groups in total. The Morgan fingerprint density at radius 2 is 2.04 bits per heavy atom. The fourth-order valence-corrected chi connectivity index (χ4v) is 3.20. The highest BCUT2D eigenvalue weighted by molar-refractivity contribution is 5.91. The molecule has 1 fully saturated rings. The van der Waals surface area contributed by atoms with E-state index in [-0.39, 0.29) is 12.5 Å². The van der Waals surface area contributed by atoms with Crippen LogP contribution in [-0.4, -0.2) is 25.5 Å². The molecule has 1 atom stereocenters. The highest BCUT2D eigenvalue weighted by Gasteiger charge is 2.17. The summed E-state index contributed by atoms with van der Waals surface area (Å²) in [5.41, 5.74) is 0. The van der Waals surface area contributed by atoms with E-state index in [0.29, 0.717) is 24.0 Å². The third-order valence-corrected chi connectivity index (χ3v) is 4.70. The van der Waals surface area contributed by atoms with Crippen molar-refractivity contribution in [3.63, 3.8) is 0 Å². The standard InChI is InChI=1S/C21H22N2O3/c24-21(23-13-15-9-10-22-12-15)20-8-7-19(26-20)14-25-18-6-5-16-3-1-2-4-17(16)11-18/h1-8,11,15,22H,9-10,12-14H2,(H,23,24). The molecule has 134 valence electrons. The van der Waals surface area contributed by atoms with Gasteiger partial charge in [0.15, 0.2) is 5.76 Å². The number of ether oxygens (including phenoxy) is 1. The maximum Gasteiger partial charge on any atom is 0.287 e. The third kappa shape index (κ3) is 3.89. The Kier molecular flexibility index (Phi) is 4.88. The number of hydrogen-bond donors (Lipinski definition) is 2. The van der Waals surface area contributed by atoms with E-state index < -0.39 is 0 Å². The van der Waals surface area contributed by atoms with Gasteiger partial charge in [-0.25, -0.2) is 0 Å². The van der Waals surface area contributed by atoms with Crippen LogP contribution >= 0.6 is 0 Å². The van der Waals surface area contributed by atoms with Crippen LogP contribution in [0.1, 0.15) is 22.7 Å². The first-order chi connectivity index (χ1) is 12.8. The lowest BCUT2D eigenvalue weighted by Crippen LogP contribution is -2.29. The highest BCUT2D eigenvalue weighted by atomic mass is 16.5. The van der Waals surface area contributed by atoms with Crippen molar-refractivity contribution in [1.29, 1.82) is 0 Å². The van der Waals surface area contributed by atoms with Crippen LogP contribution in [0.3, 0.4) is 0 Å². The van der Waals surface area contributed by atoms with Crippen LogP contribution in [0.25, 0.3) is 10.8 Å². The summed E-state index contributed by atoms with van der Waals surface area (Å²) < 4.78 is 11.4. The maximum atomic E-state index is 12.2. The zero-order valence-corrected chi connectivity index (χ0v) is 14.5. The molecule has 0 saturated carbocycles. The summed E-state index contributed by atoms with van der Waals surface area (Å²) >= 11 is 0. The predicted octanol–water partition coefficient (Wildman–Crippen LogP) is 3.35. The minimum atomic E-state index is -0.172. The second-order valence-corrected chi connectivity index (χ2v) is 6.63. The van der Waals surface area contributed by atoms with Crippen LogP contribution in [0.5, 0.6) is 5.75 Å². The molecule has 1 aliphatic heterocycles. The lowest BCUT2D eigenvalue weighted by atomic mass is 10.1. The van der Waals surface area contributed by atoms with Crippen LogP contribution in [0.15, 0.2) is 59.0 Å². The van der Waals surface area contributed by atoms with Gasteiger partial charge in [-0.05, 0) is 60.5 Å². The zero-order chi connectivity index (χ0) is 17.8. The van der Waals surface area contributed by atoms with Gasteiger partial charge in [0.25, 0.3) is 5.91 Å². The number of nitrogens with one attached hydrogen (secondary N) is 2. The van der Waals surface area contributed by atoms with E-state index in [0.717, 1.165) is 30.6 Å². The molecule has 5 nitrogen and oxygen atoms in total. The number of carbonyl (C=O) groups excluding carboxylic acids is 1. The molecular formula is C21H22N2O3. The predicted molar refractivity (Wildman–Crippen MR) is 100 cm³/mol. The number of carbonyl (C=O) groups is 1. The molecule has 26 heavy (non-hydrogen) atoms. The molecule has 0 aliphatic carbocycles. The molecule has 1 amide bonds. The second-order valence-electron chi connectivity index (χ2n) is 6.63. The van der Waals surface area contributed by atoms with Crippen molar-refractivity contribution in [2.75, 3.05) is 19.6 Å². The normalized spacial score (nSPS) is 16.7. The molecule has 1 aromatic heterocycles. The Morgan fingerprint density at radius 3 is 2.88 bits per heavy atom. The van der Waals surface area contributed by atoms with Crippen molar-refractivity contribution in [3.8, 4) is 5.75 Å². The number of amides is 1. The van der Waals surface area contributed by atoms with Gasteiger partial charge in [-0.3, -0.25) is 4.79 Å². The van der Waals surface area contributed by atoms with Gasteiger partial charge in [0, 0.05) is 6.54 Å². The summed E-state index contributed by atoms with van der Waals surface area (Å²) in [6.07, 6.45) is 1.10. The largest absolute Gasteiger partial charge is 0.486 e. The fourth-order valence-electron chi connectivity index (χ4n) is 3.20. The third-order valence-electron chi connectivity index (χ3n) is 4.70. The van der Waals surface area contributed by atoms with Crippen molar-refractivity contribution in [1.82, 2.24) is 10.6 Å². The Labute approximate surface area is 152 Å². The summed E-state index contributed by atoms with van der Waals surface area (Å²) in [6, 6.07) is 17.6. The lowest BCUT2D eigenvalue weighted by Gasteiger charge is -2.08. The Bertz CT molecular complexity index is 897. The molecule has 0 bridgehead atoms. The van der Waals surface area contributed by atoms with Crippen molar-refractivity contribution < 1.29 is 13.9 Å². The van der Waals surface area contributed by atoms with E-state index in [2.05, 4.69) is 22.8 Å². The monoisotopic (exact) mass is 350 g/mol. The minimum Gasteiger partial charge on any atom is -0.486 e. The quantitative estimate of drug-likeness (QED) is 0.716. The Balaban J connectivity index is 1.33. The fraction of sp³-hybridized carbons (Fsp3) is 0.286. The van der Waals surface area contributed by atoms with Gasteiger partial charge in [0.2, 0.25) is 0 Å². The number of rotatable bonds is 6. The molecule has 1 aliphatic rings. The minimum absolute atomic E-state index is 0.172. The summed E-state index contributed by atoms with van der Waals surface area (Å²) in [6.45, 7) is 2.95. The van der Waals surface area contributed by atoms with Crippen LogP contribution < -0.4 is 15.4 Å². The van der Waals surface area contributed by atoms with Gasteiger partial charge in [0.1, 0.15) is 18.1 Å². The lowest BCUT2D eigenvalue weighted by molar-refractivity contribution is 0.0916. The van der Waals surface area contributed by atoms with Gasteiger partial charge in [-0.2, -0.15) is 0 Å². The molecular weight excluding hydrogens is 328 g/mol.